The normalized spacial score (nSPS) is 18.9. The smallest absolute Gasteiger partial charge is 0.254 e. The van der Waals surface area contributed by atoms with Crippen molar-refractivity contribution in [3.63, 3.8) is 0 Å². The highest BCUT2D eigenvalue weighted by molar-refractivity contribution is 8.00. The number of amides is 1. The van der Waals surface area contributed by atoms with Crippen LogP contribution in [-0.2, 0) is 0 Å². The topological polar surface area (TPSA) is 32.3 Å². The summed E-state index contributed by atoms with van der Waals surface area (Å²) < 4.78 is 0. The zero-order chi connectivity index (χ0) is 14.5. The number of hydrogen-bond donors (Lipinski definition) is 1. The van der Waals surface area contributed by atoms with Crippen LogP contribution in [0.15, 0.2) is 18.2 Å². The molecule has 2 rings (SSSR count). The van der Waals surface area contributed by atoms with E-state index in [0.29, 0.717) is 5.25 Å². The first-order valence-electron chi connectivity index (χ1n) is 7.41. The van der Waals surface area contributed by atoms with Crippen LogP contribution in [0, 0.1) is 6.92 Å². The van der Waals surface area contributed by atoms with Crippen molar-refractivity contribution in [1.82, 2.24) is 4.90 Å². The Kier molecular flexibility index (Phi) is 5.35. The van der Waals surface area contributed by atoms with E-state index in [-0.39, 0.29) is 5.91 Å². The second kappa shape index (κ2) is 7.02. The highest BCUT2D eigenvalue weighted by atomic mass is 32.2. The number of carbonyl (C=O) groups excluding carboxylic acids is 1. The van der Waals surface area contributed by atoms with Gasteiger partial charge in [0, 0.05) is 41.9 Å². The maximum Gasteiger partial charge on any atom is 0.254 e. The zero-order valence-electron chi connectivity index (χ0n) is 12.6. The summed E-state index contributed by atoms with van der Waals surface area (Å²) in [7, 11) is 0. The van der Waals surface area contributed by atoms with Gasteiger partial charge in [-0.15, -0.1) is 0 Å². The number of rotatable bonds is 4. The van der Waals surface area contributed by atoms with Gasteiger partial charge in [0.15, 0.2) is 0 Å². The van der Waals surface area contributed by atoms with Crippen LogP contribution >= 0.6 is 11.8 Å². The summed E-state index contributed by atoms with van der Waals surface area (Å²) in [5.74, 6) is 1.24. The van der Waals surface area contributed by atoms with Crippen molar-refractivity contribution in [2.45, 2.75) is 32.4 Å². The van der Waals surface area contributed by atoms with Gasteiger partial charge in [0.25, 0.3) is 5.91 Å². The van der Waals surface area contributed by atoms with E-state index < -0.39 is 0 Å². The molecule has 0 spiro atoms. The fourth-order valence-corrected chi connectivity index (χ4v) is 3.72. The van der Waals surface area contributed by atoms with Crippen LogP contribution in [0.1, 0.15) is 36.2 Å². The number of aryl methyl sites for hydroxylation is 1. The van der Waals surface area contributed by atoms with Crippen LogP contribution in [0.5, 0.6) is 0 Å². The molecule has 0 radical (unpaired) electrons. The molecule has 0 aromatic heterocycles. The lowest BCUT2D eigenvalue weighted by Crippen LogP contribution is -2.42. The first-order valence-corrected chi connectivity index (χ1v) is 8.46. The second-order valence-corrected chi connectivity index (χ2v) is 6.62. The average molecular weight is 292 g/mol. The van der Waals surface area contributed by atoms with Crippen LogP contribution < -0.4 is 5.32 Å². The van der Waals surface area contributed by atoms with Crippen molar-refractivity contribution >= 4 is 23.4 Å². The number of hydrogen-bond acceptors (Lipinski definition) is 3. The van der Waals surface area contributed by atoms with Crippen LogP contribution in [0.2, 0.25) is 0 Å². The summed E-state index contributed by atoms with van der Waals surface area (Å²) in [5.41, 5.74) is 2.98. The molecule has 1 heterocycles. The number of benzene rings is 1. The predicted molar refractivity (Wildman–Crippen MR) is 87.8 cm³/mol. The van der Waals surface area contributed by atoms with Gasteiger partial charge in [0.05, 0.1) is 0 Å². The van der Waals surface area contributed by atoms with E-state index in [1.54, 1.807) is 0 Å². The first kappa shape index (κ1) is 15.2. The number of nitrogens with one attached hydrogen (secondary N) is 1. The third kappa shape index (κ3) is 3.48. The molecule has 1 aromatic rings. The molecule has 1 amide bonds. The summed E-state index contributed by atoms with van der Waals surface area (Å²) in [4.78, 5) is 14.7. The van der Waals surface area contributed by atoms with Gasteiger partial charge in [0.1, 0.15) is 0 Å². The maximum atomic E-state index is 12.6. The van der Waals surface area contributed by atoms with Gasteiger partial charge in [-0.1, -0.05) is 6.92 Å². The molecule has 1 atom stereocenters. The first-order chi connectivity index (χ1) is 9.65. The molecule has 1 aromatic carbocycles. The van der Waals surface area contributed by atoms with E-state index >= 15 is 0 Å². The molecule has 1 fully saturated rings. The molecular formula is C16H24N2OS. The summed E-state index contributed by atoms with van der Waals surface area (Å²) in [6.07, 6.45) is 1.13. The molecule has 20 heavy (non-hydrogen) atoms. The molecule has 0 saturated carbocycles. The number of nitrogens with zero attached hydrogens (tertiary/aromatic N) is 1. The van der Waals surface area contributed by atoms with E-state index in [4.69, 9.17) is 0 Å². The van der Waals surface area contributed by atoms with Crippen molar-refractivity contribution in [2.75, 3.05) is 30.7 Å². The highest BCUT2D eigenvalue weighted by Gasteiger charge is 2.24. The molecular weight excluding hydrogens is 268 g/mol. The Bertz CT molecular complexity index is 476. The van der Waals surface area contributed by atoms with Crippen molar-refractivity contribution in [2.24, 2.45) is 0 Å². The lowest BCUT2D eigenvalue weighted by atomic mass is 10.1. The van der Waals surface area contributed by atoms with Crippen LogP contribution in [-0.4, -0.2) is 41.4 Å². The third-order valence-electron chi connectivity index (χ3n) is 3.72. The average Bonchev–Trinajstić information content (AvgIpc) is 2.47. The molecule has 0 aliphatic carbocycles. The molecule has 1 N–H and O–H groups in total. The minimum absolute atomic E-state index is 0.185. The molecule has 1 saturated heterocycles. The Morgan fingerprint density at radius 3 is 2.90 bits per heavy atom. The molecule has 3 nitrogen and oxygen atoms in total. The Hall–Kier alpha value is -1.16. The molecule has 4 heteroatoms. The van der Waals surface area contributed by atoms with Gasteiger partial charge in [-0.2, -0.15) is 11.8 Å². The van der Waals surface area contributed by atoms with Crippen molar-refractivity contribution in [1.29, 1.82) is 0 Å². The minimum Gasteiger partial charge on any atom is -0.385 e. The molecule has 1 aliphatic heterocycles. The molecule has 1 unspecified atom stereocenters. The number of thioether (sulfide) groups is 1. The van der Waals surface area contributed by atoms with Crippen molar-refractivity contribution < 1.29 is 4.79 Å². The van der Waals surface area contributed by atoms with E-state index in [0.717, 1.165) is 48.6 Å². The molecule has 1 aliphatic rings. The van der Waals surface area contributed by atoms with Crippen LogP contribution in [0.3, 0.4) is 0 Å². The lowest BCUT2D eigenvalue weighted by molar-refractivity contribution is 0.0760. The van der Waals surface area contributed by atoms with Gasteiger partial charge in [-0.05, 0) is 44.0 Å². The summed E-state index contributed by atoms with van der Waals surface area (Å²) in [6.45, 7) is 8.94. The van der Waals surface area contributed by atoms with Gasteiger partial charge >= 0.3 is 0 Å². The van der Waals surface area contributed by atoms with Crippen molar-refractivity contribution in [3.8, 4) is 0 Å². The molecule has 110 valence electrons. The van der Waals surface area contributed by atoms with Gasteiger partial charge in [0.2, 0.25) is 0 Å². The summed E-state index contributed by atoms with van der Waals surface area (Å²) >= 11 is 1.99. The summed E-state index contributed by atoms with van der Waals surface area (Å²) in [6, 6.07) is 6.02. The van der Waals surface area contributed by atoms with E-state index in [2.05, 4.69) is 25.2 Å². The predicted octanol–water partition coefficient (Wildman–Crippen LogP) is 3.39. The standard InChI is InChI=1S/C16H24N2OS/c1-4-14-11-18(8-9-20-14)16(19)15-7-6-13(17-5-2)10-12(15)3/h6-7,10,14,17H,4-5,8-9,11H2,1-3H3. The fourth-order valence-electron chi connectivity index (χ4n) is 2.54. The van der Waals surface area contributed by atoms with Crippen LogP contribution in [0.4, 0.5) is 5.69 Å². The quantitative estimate of drug-likeness (QED) is 0.923. The van der Waals surface area contributed by atoms with Crippen LogP contribution in [0.25, 0.3) is 0 Å². The number of carbonyl (C=O) groups is 1. The van der Waals surface area contributed by atoms with Gasteiger partial charge < -0.3 is 10.2 Å². The molecule has 0 bridgehead atoms. The van der Waals surface area contributed by atoms with E-state index in [1.165, 1.54) is 0 Å². The van der Waals surface area contributed by atoms with Gasteiger partial charge in [-0.25, -0.2) is 0 Å². The number of anilines is 1. The lowest BCUT2D eigenvalue weighted by Gasteiger charge is -2.32. The fraction of sp³-hybridized carbons (Fsp3) is 0.562. The minimum atomic E-state index is 0.185. The second-order valence-electron chi connectivity index (χ2n) is 5.21. The Morgan fingerprint density at radius 2 is 2.25 bits per heavy atom. The van der Waals surface area contributed by atoms with E-state index in [9.17, 15) is 4.79 Å². The Labute approximate surface area is 126 Å². The largest absolute Gasteiger partial charge is 0.385 e. The maximum absolute atomic E-state index is 12.6. The van der Waals surface area contributed by atoms with Crippen molar-refractivity contribution in [3.05, 3.63) is 29.3 Å². The zero-order valence-corrected chi connectivity index (χ0v) is 13.4. The highest BCUT2D eigenvalue weighted by Crippen LogP contribution is 2.24. The van der Waals surface area contributed by atoms with E-state index in [1.807, 2.05) is 35.7 Å². The monoisotopic (exact) mass is 292 g/mol. The Morgan fingerprint density at radius 1 is 1.45 bits per heavy atom. The Balaban J connectivity index is 2.12. The third-order valence-corrected chi connectivity index (χ3v) is 5.09. The SMILES string of the molecule is CCNc1ccc(C(=O)N2CCSC(CC)C2)c(C)c1. The summed E-state index contributed by atoms with van der Waals surface area (Å²) in [5, 5.41) is 3.87. The van der Waals surface area contributed by atoms with Gasteiger partial charge in [-0.3, -0.25) is 4.79 Å².